The van der Waals surface area contributed by atoms with Crippen LogP contribution in [0.1, 0.15) is 70.4 Å². The predicted molar refractivity (Wildman–Crippen MR) is 102 cm³/mol. The van der Waals surface area contributed by atoms with Gasteiger partial charge in [-0.2, -0.15) is 4.90 Å². The van der Waals surface area contributed by atoms with Gasteiger partial charge in [-0.1, -0.05) is 12.1 Å². The zero-order valence-corrected chi connectivity index (χ0v) is 17.2. The van der Waals surface area contributed by atoms with Crippen molar-refractivity contribution in [2.75, 3.05) is 11.9 Å². The Morgan fingerprint density at radius 3 is 1.93 bits per heavy atom. The number of imide groups is 1. The molecule has 0 saturated heterocycles. The number of rotatable bonds is 1. The molecule has 1 heterocycles. The summed E-state index contributed by atoms with van der Waals surface area (Å²) in [6.45, 7) is 12.1. The molecule has 27 heavy (non-hydrogen) atoms. The van der Waals surface area contributed by atoms with E-state index in [1.807, 2.05) is 13.0 Å². The number of fused-ring (bicyclic) bond motifs is 1. The van der Waals surface area contributed by atoms with Gasteiger partial charge in [-0.15, -0.1) is 0 Å². The normalized spacial score (nSPS) is 16.8. The number of nitrogens with zero attached hydrogens (tertiary/aromatic N) is 2. The molecule has 0 N–H and O–H groups in total. The van der Waals surface area contributed by atoms with E-state index in [0.717, 1.165) is 10.5 Å². The second-order valence-electron chi connectivity index (χ2n) is 8.63. The molecule has 0 saturated carbocycles. The molecule has 2 rings (SSSR count). The quantitative estimate of drug-likeness (QED) is 0.721. The lowest BCUT2D eigenvalue weighted by atomic mass is 10.0. The maximum Gasteiger partial charge on any atom is 0.424 e. The third-order valence-electron chi connectivity index (χ3n) is 4.03. The summed E-state index contributed by atoms with van der Waals surface area (Å²) in [5, 5.41) is 0. The third-order valence-corrected chi connectivity index (χ3v) is 4.03. The summed E-state index contributed by atoms with van der Waals surface area (Å²) in [5.41, 5.74) is -0.411. The molecular weight excluding hydrogens is 348 g/mol. The molecule has 1 aromatic rings. The Hall–Kier alpha value is -2.57. The minimum atomic E-state index is -0.889. The third kappa shape index (κ3) is 4.40. The van der Waals surface area contributed by atoms with Gasteiger partial charge in [-0.05, 0) is 60.1 Å². The van der Waals surface area contributed by atoms with E-state index in [1.54, 1.807) is 65.6 Å². The number of carbonyl (C=O) groups excluding carboxylic acids is 3. The molecule has 7 nitrogen and oxygen atoms in total. The lowest BCUT2D eigenvalue weighted by Crippen LogP contribution is -2.44. The van der Waals surface area contributed by atoms with Crippen LogP contribution in [0.25, 0.3) is 0 Å². The first kappa shape index (κ1) is 20.7. The van der Waals surface area contributed by atoms with Crippen LogP contribution in [0.4, 0.5) is 15.3 Å². The standard InChI is InChI=1S/C20H28N2O5/c1-12-13-10-9-11-14(15(13)16(23)21(12)8)22(17(24)26-19(2,3)4)18(25)27-20(5,6)7/h9-12H,1-8H3. The van der Waals surface area contributed by atoms with Crippen LogP contribution in [-0.4, -0.2) is 41.2 Å². The van der Waals surface area contributed by atoms with Gasteiger partial charge in [0.2, 0.25) is 0 Å². The first-order valence-electron chi connectivity index (χ1n) is 8.89. The summed E-state index contributed by atoms with van der Waals surface area (Å²) in [5.74, 6) is -0.259. The maximum atomic E-state index is 12.8. The lowest BCUT2D eigenvalue weighted by molar-refractivity contribution is 0.0430. The molecule has 0 fully saturated rings. The smallest absolute Gasteiger partial charge is 0.424 e. The Kier molecular flexibility index (Phi) is 5.27. The Labute approximate surface area is 160 Å². The van der Waals surface area contributed by atoms with Crippen molar-refractivity contribution in [2.24, 2.45) is 0 Å². The van der Waals surface area contributed by atoms with E-state index in [0.29, 0.717) is 5.56 Å². The van der Waals surface area contributed by atoms with Crippen LogP contribution < -0.4 is 4.90 Å². The summed E-state index contributed by atoms with van der Waals surface area (Å²) in [6, 6.07) is 4.91. The summed E-state index contributed by atoms with van der Waals surface area (Å²) < 4.78 is 10.8. The highest BCUT2D eigenvalue weighted by Gasteiger charge is 2.40. The van der Waals surface area contributed by atoms with E-state index < -0.39 is 23.4 Å². The van der Waals surface area contributed by atoms with Crippen molar-refractivity contribution in [1.29, 1.82) is 0 Å². The van der Waals surface area contributed by atoms with Crippen LogP contribution in [0.2, 0.25) is 0 Å². The van der Waals surface area contributed by atoms with Gasteiger partial charge >= 0.3 is 12.2 Å². The number of amides is 3. The molecule has 0 bridgehead atoms. The van der Waals surface area contributed by atoms with E-state index in [-0.39, 0.29) is 17.6 Å². The second kappa shape index (κ2) is 6.87. The Morgan fingerprint density at radius 1 is 1.00 bits per heavy atom. The van der Waals surface area contributed by atoms with Crippen molar-refractivity contribution >= 4 is 23.8 Å². The fourth-order valence-electron chi connectivity index (χ4n) is 2.77. The monoisotopic (exact) mass is 376 g/mol. The Balaban J connectivity index is 2.58. The zero-order chi connectivity index (χ0) is 20.7. The number of hydrogen-bond acceptors (Lipinski definition) is 5. The van der Waals surface area contributed by atoms with Crippen molar-refractivity contribution in [3.63, 3.8) is 0 Å². The molecule has 0 aliphatic carbocycles. The first-order chi connectivity index (χ1) is 12.2. The molecule has 1 aliphatic rings. The van der Waals surface area contributed by atoms with Gasteiger partial charge in [0.15, 0.2) is 0 Å². The highest BCUT2D eigenvalue weighted by atomic mass is 16.6. The van der Waals surface area contributed by atoms with Crippen molar-refractivity contribution in [3.05, 3.63) is 29.3 Å². The molecular formula is C20H28N2O5. The molecule has 0 radical (unpaired) electrons. The van der Waals surface area contributed by atoms with E-state index >= 15 is 0 Å². The van der Waals surface area contributed by atoms with Gasteiger partial charge in [-0.25, -0.2) is 9.59 Å². The molecule has 1 atom stereocenters. The summed E-state index contributed by atoms with van der Waals surface area (Å²) in [7, 11) is 1.68. The average molecular weight is 376 g/mol. The van der Waals surface area contributed by atoms with Crippen LogP contribution in [0.15, 0.2) is 18.2 Å². The van der Waals surface area contributed by atoms with Gasteiger partial charge < -0.3 is 14.4 Å². The number of benzene rings is 1. The molecule has 148 valence electrons. The van der Waals surface area contributed by atoms with Crippen LogP contribution in [-0.2, 0) is 9.47 Å². The van der Waals surface area contributed by atoms with Crippen molar-refractivity contribution < 1.29 is 23.9 Å². The van der Waals surface area contributed by atoms with Gasteiger partial charge in [-0.3, -0.25) is 4.79 Å². The number of anilines is 1. The summed E-state index contributed by atoms with van der Waals surface area (Å²) in [6.07, 6.45) is -1.78. The van der Waals surface area contributed by atoms with Crippen molar-refractivity contribution in [3.8, 4) is 0 Å². The Bertz CT molecular complexity index is 746. The number of hydrogen-bond donors (Lipinski definition) is 0. The van der Waals surface area contributed by atoms with E-state index in [9.17, 15) is 14.4 Å². The average Bonchev–Trinajstić information content (AvgIpc) is 2.69. The fraction of sp³-hybridized carbons (Fsp3) is 0.550. The van der Waals surface area contributed by atoms with Crippen LogP contribution in [0.5, 0.6) is 0 Å². The molecule has 3 amide bonds. The molecule has 1 aromatic carbocycles. The van der Waals surface area contributed by atoms with Crippen LogP contribution in [0.3, 0.4) is 0 Å². The lowest BCUT2D eigenvalue weighted by Gasteiger charge is -2.29. The van der Waals surface area contributed by atoms with Crippen molar-refractivity contribution in [1.82, 2.24) is 4.90 Å². The molecule has 1 aliphatic heterocycles. The van der Waals surface area contributed by atoms with Crippen LogP contribution in [0, 0.1) is 0 Å². The minimum Gasteiger partial charge on any atom is -0.443 e. The predicted octanol–water partition coefficient (Wildman–Crippen LogP) is 4.51. The fourth-order valence-corrected chi connectivity index (χ4v) is 2.77. The van der Waals surface area contributed by atoms with Gasteiger partial charge in [0, 0.05) is 7.05 Å². The van der Waals surface area contributed by atoms with Gasteiger partial charge in [0.05, 0.1) is 17.3 Å². The molecule has 1 unspecified atom stereocenters. The molecule has 0 spiro atoms. The Morgan fingerprint density at radius 2 is 1.48 bits per heavy atom. The van der Waals surface area contributed by atoms with Crippen LogP contribution >= 0.6 is 0 Å². The first-order valence-corrected chi connectivity index (χ1v) is 8.89. The van der Waals surface area contributed by atoms with Gasteiger partial charge in [0.25, 0.3) is 5.91 Å². The highest BCUT2D eigenvalue weighted by molar-refractivity contribution is 6.15. The maximum absolute atomic E-state index is 12.8. The second-order valence-corrected chi connectivity index (χ2v) is 8.63. The van der Waals surface area contributed by atoms with E-state index in [1.165, 1.54) is 0 Å². The molecule has 7 heteroatoms. The summed E-state index contributed by atoms with van der Waals surface area (Å²) >= 11 is 0. The minimum absolute atomic E-state index is 0.161. The SMILES string of the molecule is CC1c2cccc(N(C(=O)OC(C)(C)C)C(=O)OC(C)(C)C)c2C(=O)N1C. The zero-order valence-electron chi connectivity index (χ0n) is 17.2. The largest absolute Gasteiger partial charge is 0.443 e. The number of carbonyl (C=O) groups is 3. The van der Waals surface area contributed by atoms with E-state index in [4.69, 9.17) is 9.47 Å². The molecule has 0 aromatic heterocycles. The summed E-state index contributed by atoms with van der Waals surface area (Å²) in [4.78, 5) is 40.8. The van der Waals surface area contributed by atoms with Gasteiger partial charge in [0.1, 0.15) is 11.2 Å². The van der Waals surface area contributed by atoms with Crippen molar-refractivity contribution in [2.45, 2.75) is 65.7 Å². The van der Waals surface area contributed by atoms with E-state index in [2.05, 4.69) is 0 Å². The number of ether oxygens (including phenoxy) is 2. The highest BCUT2D eigenvalue weighted by Crippen LogP contribution is 2.38. The topological polar surface area (TPSA) is 76.1 Å².